The van der Waals surface area contributed by atoms with Gasteiger partial charge in [-0.05, 0) is 37.5 Å². The molecule has 1 amide bonds. The number of carbonyl (C=O) groups excluding carboxylic acids is 1. The van der Waals surface area contributed by atoms with Gasteiger partial charge < -0.3 is 19.9 Å². The van der Waals surface area contributed by atoms with Gasteiger partial charge in [0.2, 0.25) is 5.91 Å². The number of piperidine rings is 1. The van der Waals surface area contributed by atoms with Gasteiger partial charge in [0, 0.05) is 32.7 Å². The Morgan fingerprint density at radius 3 is 2.59 bits per heavy atom. The zero-order chi connectivity index (χ0) is 20.1. The predicted octanol–water partition coefficient (Wildman–Crippen LogP) is 2.15. The van der Waals surface area contributed by atoms with E-state index >= 15 is 0 Å². The van der Waals surface area contributed by atoms with E-state index in [9.17, 15) is 4.79 Å². The van der Waals surface area contributed by atoms with Crippen LogP contribution >= 0.6 is 0 Å². The van der Waals surface area contributed by atoms with Crippen LogP contribution in [0.3, 0.4) is 0 Å². The molecule has 1 aromatic heterocycles. The van der Waals surface area contributed by atoms with Crippen molar-refractivity contribution in [3.05, 3.63) is 47.5 Å². The van der Waals surface area contributed by atoms with Crippen molar-refractivity contribution in [1.82, 2.24) is 15.5 Å². The number of carbonyl (C=O) groups is 1. The molecule has 2 fully saturated rings. The first kappa shape index (κ1) is 19.6. The highest BCUT2D eigenvalue weighted by Gasteiger charge is 2.26. The van der Waals surface area contributed by atoms with Crippen molar-refractivity contribution in [2.24, 2.45) is 5.92 Å². The number of morpholine rings is 1. The number of hydrogen-bond acceptors (Lipinski definition) is 6. The average molecular weight is 396 g/mol. The third-order valence-electron chi connectivity index (χ3n) is 5.64. The van der Waals surface area contributed by atoms with E-state index in [1.807, 2.05) is 24.3 Å². The standard InChI is InChI=1S/C22H29N5O2/c1-17-4-2-5-18(14-17)15-23-22(28)19-6-3-9-27(16-19)21-8-7-20(24-25-21)26-10-12-29-13-11-26/h2,4-5,7-8,14,19H,3,6,9-13,15-16H2,1H3,(H,23,28)/t19-/m1/s1. The first-order valence-corrected chi connectivity index (χ1v) is 10.4. The molecule has 2 aliphatic rings. The number of ether oxygens (including phenoxy) is 1. The molecule has 0 spiro atoms. The summed E-state index contributed by atoms with van der Waals surface area (Å²) in [6, 6.07) is 12.3. The third kappa shape index (κ3) is 5.03. The van der Waals surface area contributed by atoms with Gasteiger partial charge in [-0.3, -0.25) is 4.79 Å². The second-order valence-corrected chi connectivity index (χ2v) is 7.84. The zero-order valence-corrected chi connectivity index (χ0v) is 17.0. The van der Waals surface area contributed by atoms with Crippen LogP contribution in [0.2, 0.25) is 0 Å². The van der Waals surface area contributed by atoms with E-state index in [1.165, 1.54) is 5.56 Å². The highest BCUT2D eigenvalue weighted by molar-refractivity contribution is 5.79. The van der Waals surface area contributed by atoms with Crippen LogP contribution in [-0.2, 0) is 16.1 Å². The number of hydrogen-bond donors (Lipinski definition) is 1. The van der Waals surface area contributed by atoms with Crippen molar-refractivity contribution in [3.8, 4) is 0 Å². The number of nitrogens with one attached hydrogen (secondary N) is 1. The minimum Gasteiger partial charge on any atom is -0.378 e. The van der Waals surface area contributed by atoms with E-state index in [0.717, 1.165) is 62.9 Å². The van der Waals surface area contributed by atoms with Gasteiger partial charge in [-0.25, -0.2) is 0 Å². The van der Waals surface area contributed by atoms with Crippen LogP contribution in [0.1, 0.15) is 24.0 Å². The summed E-state index contributed by atoms with van der Waals surface area (Å²) in [5, 5.41) is 11.9. The van der Waals surface area contributed by atoms with Gasteiger partial charge in [0.25, 0.3) is 0 Å². The first-order chi connectivity index (χ1) is 14.2. The molecule has 29 heavy (non-hydrogen) atoms. The Morgan fingerprint density at radius 1 is 1.10 bits per heavy atom. The predicted molar refractivity (Wildman–Crippen MR) is 113 cm³/mol. The quantitative estimate of drug-likeness (QED) is 0.837. The molecule has 154 valence electrons. The second-order valence-electron chi connectivity index (χ2n) is 7.84. The monoisotopic (exact) mass is 395 g/mol. The molecule has 0 unspecified atom stereocenters. The van der Waals surface area contributed by atoms with Gasteiger partial charge in [-0.15, -0.1) is 10.2 Å². The van der Waals surface area contributed by atoms with Crippen molar-refractivity contribution >= 4 is 17.5 Å². The van der Waals surface area contributed by atoms with Crippen LogP contribution in [0.25, 0.3) is 0 Å². The number of rotatable bonds is 5. The molecule has 0 radical (unpaired) electrons. The van der Waals surface area contributed by atoms with Crippen LogP contribution in [0.15, 0.2) is 36.4 Å². The van der Waals surface area contributed by atoms with Crippen molar-refractivity contribution < 1.29 is 9.53 Å². The van der Waals surface area contributed by atoms with Crippen molar-refractivity contribution in [3.63, 3.8) is 0 Å². The molecule has 2 aliphatic heterocycles. The Morgan fingerprint density at radius 2 is 1.86 bits per heavy atom. The summed E-state index contributed by atoms with van der Waals surface area (Å²) in [7, 11) is 0. The molecule has 0 saturated carbocycles. The number of benzene rings is 1. The second kappa shape index (κ2) is 9.22. The van der Waals surface area contributed by atoms with Crippen molar-refractivity contribution in [2.75, 3.05) is 49.2 Å². The fraction of sp³-hybridized carbons (Fsp3) is 0.500. The maximum Gasteiger partial charge on any atom is 0.225 e. The minimum atomic E-state index is -0.0192. The Labute approximate surface area is 172 Å². The smallest absolute Gasteiger partial charge is 0.225 e. The largest absolute Gasteiger partial charge is 0.378 e. The van der Waals surface area contributed by atoms with Gasteiger partial charge in [0.05, 0.1) is 19.1 Å². The fourth-order valence-electron chi connectivity index (χ4n) is 4.00. The van der Waals surface area contributed by atoms with E-state index in [1.54, 1.807) is 0 Å². The molecule has 2 aromatic rings. The lowest BCUT2D eigenvalue weighted by Crippen LogP contribution is -2.43. The van der Waals surface area contributed by atoms with Gasteiger partial charge in [-0.1, -0.05) is 29.8 Å². The lowest BCUT2D eigenvalue weighted by molar-refractivity contribution is -0.125. The van der Waals surface area contributed by atoms with Crippen LogP contribution in [0.4, 0.5) is 11.6 Å². The van der Waals surface area contributed by atoms with Crippen LogP contribution in [0, 0.1) is 12.8 Å². The molecule has 7 heteroatoms. The lowest BCUT2D eigenvalue weighted by Gasteiger charge is -2.33. The van der Waals surface area contributed by atoms with Crippen LogP contribution in [-0.4, -0.2) is 55.5 Å². The summed E-state index contributed by atoms with van der Waals surface area (Å²) in [6.45, 7) is 7.39. The highest BCUT2D eigenvalue weighted by Crippen LogP contribution is 2.23. The maximum atomic E-state index is 12.7. The Kier molecular flexibility index (Phi) is 6.24. The van der Waals surface area contributed by atoms with Gasteiger partial charge >= 0.3 is 0 Å². The van der Waals surface area contributed by atoms with Crippen LogP contribution < -0.4 is 15.1 Å². The Bertz CT molecular complexity index is 820. The Hall–Kier alpha value is -2.67. The zero-order valence-electron chi connectivity index (χ0n) is 17.0. The number of nitrogens with zero attached hydrogens (tertiary/aromatic N) is 4. The molecule has 1 N–H and O–H groups in total. The molecule has 1 atom stereocenters. The fourth-order valence-corrected chi connectivity index (χ4v) is 4.00. The van der Waals surface area contributed by atoms with Gasteiger partial charge in [0.1, 0.15) is 0 Å². The summed E-state index contributed by atoms with van der Waals surface area (Å²) >= 11 is 0. The van der Waals surface area contributed by atoms with Crippen molar-refractivity contribution in [2.45, 2.75) is 26.3 Å². The number of anilines is 2. The summed E-state index contributed by atoms with van der Waals surface area (Å²) < 4.78 is 5.39. The molecule has 7 nitrogen and oxygen atoms in total. The molecule has 3 heterocycles. The van der Waals surface area contributed by atoms with E-state index < -0.39 is 0 Å². The average Bonchev–Trinajstić information content (AvgIpc) is 2.78. The summed E-state index contributed by atoms with van der Waals surface area (Å²) in [4.78, 5) is 17.1. The summed E-state index contributed by atoms with van der Waals surface area (Å²) in [6.07, 6.45) is 1.89. The number of aromatic nitrogens is 2. The summed E-state index contributed by atoms with van der Waals surface area (Å²) in [5.74, 6) is 1.84. The Balaban J connectivity index is 1.33. The van der Waals surface area contributed by atoms with E-state index in [0.29, 0.717) is 13.1 Å². The molecular weight excluding hydrogens is 366 g/mol. The molecule has 1 aromatic carbocycles. The molecule has 2 saturated heterocycles. The van der Waals surface area contributed by atoms with Crippen molar-refractivity contribution in [1.29, 1.82) is 0 Å². The first-order valence-electron chi connectivity index (χ1n) is 10.4. The third-order valence-corrected chi connectivity index (χ3v) is 5.64. The highest BCUT2D eigenvalue weighted by atomic mass is 16.5. The van der Waals surface area contributed by atoms with Crippen LogP contribution in [0.5, 0.6) is 0 Å². The topological polar surface area (TPSA) is 70.6 Å². The van der Waals surface area contributed by atoms with Gasteiger partial charge in [-0.2, -0.15) is 0 Å². The molecule has 0 aliphatic carbocycles. The van der Waals surface area contributed by atoms with E-state index in [2.05, 4.69) is 44.4 Å². The molecule has 4 rings (SSSR count). The normalized spacial score (nSPS) is 19.8. The maximum absolute atomic E-state index is 12.7. The number of amides is 1. The molecular formula is C22H29N5O2. The summed E-state index contributed by atoms with van der Waals surface area (Å²) in [5.41, 5.74) is 2.34. The van der Waals surface area contributed by atoms with E-state index in [4.69, 9.17) is 4.74 Å². The number of aryl methyl sites for hydroxylation is 1. The minimum absolute atomic E-state index is 0.0192. The molecule has 0 bridgehead atoms. The van der Waals surface area contributed by atoms with E-state index in [-0.39, 0.29) is 11.8 Å². The van der Waals surface area contributed by atoms with Gasteiger partial charge in [0.15, 0.2) is 11.6 Å². The lowest BCUT2D eigenvalue weighted by atomic mass is 9.97. The SMILES string of the molecule is Cc1cccc(CNC(=O)[C@@H]2CCCN(c3ccc(N4CCOCC4)nn3)C2)c1.